The van der Waals surface area contributed by atoms with Gasteiger partial charge in [-0.15, -0.1) is 0 Å². The third kappa shape index (κ3) is 2.71. The lowest BCUT2D eigenvalue weighted by Gasteiger charge is -2.14. The highest BCUT2D eigenvalue weighted by molar-refractivity contribution is 8.00. The maximum absolute atomic E-state index is 5.32. The van der Waals surface area contributed by atoms with Gasteiger partial charge in [0.2, 0.25) is 0 Å². The molecule has 0 heterocycles. The van der Waals surface area contributed by atoms with E-state index < -0.39 is 0 Å². The Balaban J connectivity index is 1.85. The Bertz CT molecular complexity index is 350. The van der Waals surface area contributed by atoms with Crippen molar-refractivity contribution in [3.63, 3.8) is 0 Å². The fraction of sp³-hybridized carbons (Fsp3) is 0.538. The SMILES string of the molecule is COc1ccccc1CNCC1(SC)CC1. The third-order valence-corrected chi connectivity index (χ3v) is 4.61. The predicted octanol–water partition coefficient (Wildman–Crippen LogP) is 2.68. The van der Waals surface area contributed by atoms with Crippen LogP contribution in [0.15, 0.2) is 24.3 Å². The number of rotatable bonds is 6. The zero-order valence-electron chi connectivity index (χ0n) is 9.95. The van der Waals surface area contributed by atoms with E-state index in [0.717, 1.165) is 18.8 Å². The van der Waals surface area contributed by atoms with Gasteiger partial charge in [0.05, 0.1) is 7.11 Å². The van der Waals surface area contributed by atoms with Crippen LogP contribution in [0.3, 0.4) is 0 Å². The number of thioether (sulfide) groups is 1. The van der Waals surface area contributed by atoms with Gasteiger partial charge in [0, 0.05) is 23.4 Å². The second-order valence-corrected chi connectivity index (χ2v) is 5.58. The van der Waals surface area contributed by atoms with Gasteiger partial charge < -0.3 is 10.1 Å². The van der Waals surface area contributed by atoms with Gasteiger partial charge >= 0.3 is 0 Å². The molecular weight excluding hydrogens is 218 g/mol. The lowest BCUT2D eigenvalue weighted by Crippen LogP contribution is -2.25. The number of hydrogen-bond acceptors (Lipinski definition) is 3. The van der Waals surface area contributed by atoms with E-state index in [-0.39, 0.29) is 0 Å². The molecule has 2 nitrogen and oxygen atoms in total. The van der Waals surface area contributed by atoms with Crippen molar-refractivity contribution in [1.82, 2.24) is 5.32 Å². The van der Waals surface area contributed by atoms with Crippen LogP contribution in [0.4, 0.5) is 0 Å². The molecule has 1 saturated carbocycles. The summed E-state index contributed by atoms with van der Waals surface area (Å²) in [6, 6.07) is 8.19. The molecule has 0 amide bonds. The Kier molecular flexibility index (Phi) is 3.77. The molecule has 1 N–H and O–H groups in total. The van der Waals surface area contributed by atoms with Gasteiger partial charge in [-0.3, -0.25) is 0 Å². The molecule has 1 fully saturated rings. The van der Waals surface area contributed by atoms with Crippen LogP contribution < -0.4 is 10.1 Å². The average Bonchev–Trinajstić information content (AvgIpc) is 3.10. The summed E-state index contributed by atoms with van der Waals surface area (Å²) in [6.45, 7) is 2.00. The average molecular weight is 237 g/mol. The predicted molar refractivity (Wildman–Crippen MR) is 70.2 cm³/mol. The largest absolute Gasteiger partial charge is 0.496 e. The number of ether oxygens (including phenoxy) is 1. The van der Waals surface area contributed by atoms with Crippen molar-refractivity contribution in [2.75, 3.05) is 19.9 Å². The van der Waals surface area contributed by atoms with Crippen molar-refractivity contribution in [2.45, 2.75) is 24.1 Å². The molecule has 0 radical (unpaired) electrons. The van der Waals surface area contributed by atoms with Crippen LogP contribution in [0, 0.1) is 0 Å². The molecule has 0 aromatic heterocycles. The summed E-state index contributed by atoms with van der Waals surface area (Å²) in [5, 5.41) is 3.53. The van der Waals surface area contributed by atoms with Crippen LogP contribution in [0.5, 0.6) is 5.75 Å². The Hall–Kier alpha value is -0.670. The fourth-order valence-electron chi connectivity index (χ4n) is 1.87. The Labute approximate surface area is 102 Å². The van der Waals surface area contributed by atoms with Crippen molar-refractivity contribution in [3.05, 3.63) is 29.8 Å². The first kappa shape index (κ1) is 11.8. The van der Waals surface area contributed by atoms with E-state index in [9.17, 15) is 0 Å². The number of benzene rings is 1. The summed E-state index contributed by atoms with van der Waals surface area (Å²) in [7, 11) is 1.73. The summed E-state index contributed by atoms with van der Waals surface area (Å²) >= 11 is 1.99. The van der Waals surface area contributed by atoms with Gasteiger partial charge in [0.1, 0.15) is 5.75 Å². The molecule has 1 aliphatic carbocycles. The number of hydrogen-bond donors (Lipinski definition) is 1. The highest BCUT2D eigenvalue weighted by Gasteiger charge is 2.41. The molecule has 88 valence electrons. The number of nitrogens with one attached hydrogen (secondary N) is 1. The first-order valence-electron chi connectivity index (χ1n) is 5.67. The molecule has 3 heteroatoms. The topological polar surface area (TPSA) is 21.3 Å². The molecule has 2 rings (SSSR count). The van der Waals surface area contributed by atoms with Gasteiger partial charge in [-0.25, -0.2) is 0 Å². The lowest BCUT2D eigenvalue weighted by molar-refractivity contribution is 0.407. The second-order valence-electron chi connectivity index (χ2n) is 4.30. The molecule has 0 atom stereocenters. The Morgan fingerprint density at radius 2 is 2.12 bits per heavy atom. The van der Waals surface area contributed by atoms with E-state index in [1.165, 1.54) is 18.4 Å². The van der Waals surface area contributed by atoms with E-state index in [4.69, 9.17) is 4.74 Å². The summed E-state index contributed by atoms with van der Waals surface area (Å²) in [6.07, 6.45) is 4.91. The molecule has 0 aliphatic heterocycles. The van der Waals surface area contributed by atoms with Crippen molar-refractivity contribution in [3.8, 4) is 5.75 Å². The van der Waals surface area contributed by atoms with Crippen molar-refractivity contribution >= 4 is 11.8 Å². The first-order chi connectivity index (χ1) is 7.79. The molecule has 0 bridgehead atoms. The Morgan fingerprint density at radius 1 is 1.38 bits per heavy atom. The van der Waals surface area contributed by atoms with Crippen molar-refractivity contribution in [2.24, 2.45) is 0 Å². The summed E-state index contributed by atoms with van der Waals surface area (Å²) in [5.41, 5.74) is 1.24. The monoisotopic (exact) mass is 237 g/mol. The van der Waals surface area contributed by atoms with Crippen molar-refractivity contribution in [1.29, 1.82) is 0 Å². The molecular formula is C13H19NOS. The van der Waals surface area contributed by atoms with Gasteiger partial charge in [-0.1, -0.05) is 18.2 Å². The van der Waals surface area contributed by atoms with Crippen LogP contribution >= 0.6 is 11.8 Å². The maximum Gasteiger partial charge on any atom is 0.123 e. The van der Waals surface area contributed by atoms with Gasteiger partial charge in [0.25, 0.3) is 0 Å². The van der Waals surface area contributed by atoms with Crippen LogP contribution in [0.25, 0.3) is 0 Å². The van der Waals surface area contributed by atoms with Crippen LogP contribution in [0.1, 0.15) is 18.4 Å². The standard InChI is InChI=1S/C13H19NOS/c1-15-12-6-4-3-5-11(12)9-14-10-13(16-2)7-8-13/h3-6,14H,7-10H2,1-2H3. The lowest BCUT2D eigenvalue weighted by atomic mass is 10.2. The molecule has 1 aliphatic rings. The van der Waals surface area contributed by atoms with Crippen LogP contribution in [-0.4, -0.2) is 24.7 Å². The summed E-state index contributed by atoms with van der Waals surface area (Å²) < 4.78 is 5.85. The zero-order valence-corrected chi connectivity index (χ0v) is 10.8. The molecule has 0 saturated heterocycles. The fourth-order valence-corrected chi connectivity index (χ4v) is 2.62. The minimum absolute atomic E-state index is 0.530. The molecule has 1 aromatic rings. The van der Waals surface area contributed by atoms with Crippen LogP contribution in [-0.2, 0) is 6.54 Å². The smallest absolute Gasteiger partial charge is 0.123 e. The third-order valence-electron chi connectivity index (χ3n) is 3.20. The summed E-state index contributed by atoms with van der Waals surface area (Å²) in [5.74, 6) is 0.976. The number of para-hydroxylation sites is 1. The van der Waals surface area contributed by atoms with E-state index in [2.05, 4.69) is 23.7 Å². The minimum Gasteiger partial charge on any atom is -0.496 e. The van der Waals surface area contributed by atoms with Gasteiger partial charge in [-0.05, 0) is 25.2 Å². The maximum atomic E-state index is 5.32. The highest BCUT2D eigenvalue weighted by Crippen LogP contribution is 2.46. The number of methoxy groups -OCH3 is 1. The molecule has 0 unspecified atom stereocenters. The van der Waals surface area contributed by atoms with Crippen molar-refractivity contribution < 1.29 is 4.74 Å². The molecule has 1 aromatic carbocycles. The van der Waals surface area contributed by atoms with E-state index in [0.29, 0.717) is 4.75 Å². The van der Waals surface area contributed by atoms with Gasteiger partial charge in [0.15, 0.2) is 0 Å². The zero-order chi connectivity index (χ0) is 11.4. The van der Waals surface area contributed by atoms with E-state index in [1.54, 1.807) is 7.11 Å². The van der Waals surface area contributed by atoms with Crippen LogP contribution in [0.2, 0.25) is 0 Å². The van der Waals surface area contributed by atoms with E-state index >= 15 is 0 Å². The van der Waals surface area contributed by atoms with Gasteiger partial charge in [-0.2, -0.15) is 11.8 Å². The minimum atomic E-state index is 0.530. The Morgan fingerprint density at radius 3 is 2.75 bits per heavy atom. The molecule has 16 heavy (non-hydrogen) atoms. The quantitative estimate of drug-likeness (QED) is 0.822. The summed E-state index contributed by atoms with van der Waals surface area (Å²) in [4.78, 5) is 0. The normalized spacial score (nSPS) is 17.1. The molecule has 0 spiro atoms. The first-order valence-corrected chi connectivity index (χ1v) is 6.90. The van der Waals surface area contributed by atoms with E-state index in [1.807, 2.05) is 23.9 Å². The second kappa shape index (κ2) is 5.11. The highest BCUT2D eigenvalue weighted by atomic mass is 32.2.